The minimum Gasteiger partial charge on any atom is -0.457 e. The molecular weight excluding hydrogens is 801 g/mol. The number of carbonyl (C=O) groups is 1. The molecule has 0 aromatic carbocycles. The predicted octanol–water partition coefficient (Wildman–Crippen LogP) is 6.46. The van der Waals surface area contributed by atoms with Crippen molar-refractivity contribution in [2.45, 2.75) is 242 Å². The van der Waals surface area contributed by atoms with E-state index in [9.17, 15) is 40.5 Å². The summed E-state index contributed by atoms with van der Waals surface area (Å²) >= 11 is 0. The number of hydrogen-bond acceptors (Lipinski definition) is 14. The Labute approximate surface area is 373 Å². The lowest BCUT2D eigenvalue weighted by Crippen LogP contribution is -2.61. The van der Waals surface area contributed by atoms with Gasteiger partial charge in [0, 0.05) is 13.0 Å². The van der Waals surface area contributed by atoms with Crippen molar-refractivity contribution in [3.05, 3.63) is 24.3 Å². The molecule has 2 heterocycles. The highest BCUT2D eigenvalue weighted by Crippen LogP contribution is 2.26. The van der Waals surface area contributed by atoms with Gasteiger partial charge in [-0.1, -0.05) is 147 Å². The number of aliphatic hydroxyl groups is 7. The summed E-state index contributed by atoms with van der Waals surface area (Å²) in [7, 11) is 0. The average Bonchev–Trinajstić information content (AvgIpc) is 3.27. The first-order chi connectivity index (χ1) is 30.1. The topological polar surface area (TPSA) is 214 Å². The fourth-order valence-corrected chi connectivity index (χ4v) is 7.67. The van der Waals surface area contributed by atoms with E-state index in [0.29, 0.717) is 13.0 Å². The Morgan fingerprint density at radius 1 is 0.532 bits per heavy atom. The first-order valence-corrected chi connectivity index (χ1v) is 24.4. The maximum absolute atomic E-state index is 13.0. The summed E-state index contributed by atoms with van der Waals surface area (Å²) in [5.41, 5.74) is 0. The highest BCUT2D eigenvalue weighted by molar-refractivity contribution is 5.69. The van der Waals surface area contributed by atoms with Crippen LogP contribution in [0.15, 0.2) is 24.3 Å². The third-order valence-corrected chi connectivity index (χ3v) is 11.7. The van der Waals surface area contributed by atoms with Crippen LogP contribution in [0.4, 0.5) is 0 Å². The lowest BCUT2D eigenvalue weighted by atomic mass is 9.98. The SMILES string of the molecule is CCCCCC/C=C\C/C=C\CCCCCCCCCC(=O)OC(COCCCCCCCCCCCC)COC1OC(COC2OC(CO)C(O)C(O)C2O)C(O)C(O)C1O. The van der Waals surface area contributed by atoms with Crippen molar-refractivity contribution in [2.24, 2.45) is 0 Å². The molecule has 2 rings (SSSR count). The summed E-state index contributed by atoms with van der Waals surface area (Å²) in [6.45, 7) is 3.65. The molecule has 11 atom stereocenters. The van der Waals surface area contributed by atoms with Gasteiger partial charge >= 0.3 is 5.97 Å². The van der Waals surface area contributed by atoms with Crippen molar-refractivity contribution >= 4 is 5.97 Å². The van der Waals surface area contributed by atoms with Gasteiger partial charge in [-0.25, -0.2) is 0 Å². The second-order valence-corrected chi connectivity index (χ2v) is 17.3. The number of allylic oxidation sites excluding steroid dienone is 4. The molecule has 0 radical (unpaired) electrons. The average molecular weight is 889 g/mol. The fraction of sp³-hybridized carbons (Fsp3) is 0.896. The molecule has 14 heteroatoms. The van der Waals surface area contributed by atoms with Crippen molar-refractivity contribution < 1.29 is 69.0 Å². The maximum Gasteiger partial charge on any atom is 0.306 e. The van der Waals surface area contributed by atoms with Crippen LogP contribution in [-0.2, 0) is 33.2 Å². The zero-order valence-electron chi connectivity index (χ0n) is 38.4. The van der Waals surface area contributed by atoms with Crippen molar-refractivity contribution in [1.82, 2.24) is 0 Å². The summed E-state index contributed by atoms with van der Waals surface area (Å²) in [6, 6.07) is 0. The number of hydrogen-bond donors (Lipinski definition) is 7. The predicted molar refractivity (Wildman–Crippen MR) is 238 cm³/mol. The smallest absolute Gasteiger partial charge is 0.306 e. The molecule has 11 unspecified atom stereocenters. The first kappa shape index (κ1) is 56.6. The first-order valence-electron chi connectivity index (χ1n) is 24.4. The summed E-state index contributed by atoms with van der Waals surface area (Å²) in [5.74, 6) is -0.384. The van der Waals surface area contributed by atoms with Crippen LogP contribution >= 0.6 is 0 Å². The molecule has 0 aliphatic carbocycles. The Morgan fingerprint density at radius 2 is 1.00 bits per heavy atom. The second kappa shape index (κ2) is 36.7. The van der Waals surface area contributed by atoms with Crippen molar-refractivity contribution in [1.29, 1.82) is 0 Å². The van der Waals surface area contributed by atoms with Gasteiger partial charge in [0.05, 0.1) is 26.4 Å². The Morgan fingerprint density at radius 3 is 1.56 bits per heavy atom. The zero-order chi connectivity index (χ0) is 45.2. The molecule has 0 spiro atoms. The molecule has 0 saturated carbocycles. The highest BCUT2D eigenvalue weighted by Gasteiger charge is 2.47. The summed E-state index contributed by atoms with van der Waals surface area (Å²) in [5, 5.41) is 71.9. The zero-order valence-corrected chi connectivity index (χ0v) is 38.4. The Balaban J connectivity index is 1.77. The third-order valence-electron chi connectivity index (χ3n) is 11.7. The van der Waals surface area contributed by atoms with E-state index in [1.165, 1.54) is 96.3 Å². The van der Waals surface area contributed by atoms with Gasteiger partial charge in [-0.2, -0.15) is 0 Å². The molecule has 0 aromatic heterocycles. The van der Waals surface area contributed by atoms with Crippen LogP contribution in [0.1, 0.15) is 174 Å². The van der Waals surface area contributed by atoms with Crippen LogP contribution in [0.2, 0.25) is 0 Å². The van der Waals surface area contributed by atoms with Crippen molar-refractivity contribution in [2.75, 3.05) is 33.0 Å². The van der Waals surface area contributed by atoms with Gasteiger partial charge in [-0.05, 0) is 44.9 Å². The van der Waals surface area contributed by atoms with Crippen LogP contribution in [0.25, 0.3) is 0 Å². The van der Waals surface area contributed by atoms with E-state index in [1.807, 2.05) is 0 Å². The molecule has 0 aromatic rings. The van der Waals surface area contributed by atoms with Crippen LogP contribution in [0.3, 0.4) is 0 Å². The molecule has 2 saturated heterocycles. The maximum atomic E-state index is 13.0. The largest absolute Gasteiger partial charge is 0.457 e. The molecule has 2 fully saturated rings. The quantitative estimate of drug-likeness (QED) is 0.0202. The van der Waals surface area contributed by atoms with Gasteiger partial charge in [0.1, 0.15) is 54.9 Å². The summed E-state index contributed by atoms with van der Waals surface area (Å²) < 4.78 is 34.2. The van der Waals surface area contributed by atoms with Gasteiger partial charge in [0.2, 0.25) is 0 Å². The third kappa shape index (κ3) is 24.7. The molecule has 2 aliphatic rings. The number of aliphatic hydroxyl groups excluding tert-OH is 7. The highest BCUT2D eigenvalue weighted by atomic mass is 16.7. The minimum atomic E-state index is -1.70. The van der Waals surface area contributed by atoms with Crippen LogP contribution < -0.4 is 0 Å². The van der Waals surface area contributed by atoms with Crippen molar-refractivity contribution in [3.8, 4) is 0 Å². The Hall–Kier alpha value is -1.53. The molecule has 2 aliphatic heterocycles. The Bertz CT molecular complexity index is 1120. The Kier molecular flexibility index (Phi) is 33.5. The summed E-state index contributed by atoms with van der Waals surface area (Å²) in [6.07, 6.45) is 21.0. The number of esters is 1. The fourth-order valence-electron chi connectivity index (χ4n) is 7.67. The van der Waals surface area contributed by atoms with Gasteiger partial charge in [-0.15, -0.1) is 0 Å². The van der Waals surface area contributed by atoms with Gasteiger partial charge < -0.3 is 64.2 Å². The lowest BCUT2D eigenvalue weighted by molar-refractivity contribution is -0.332. The van der Waals surface area contributed by atoms with E-state index in [-0.39, 0.29) is 25.6 Å². The standard InChI is InChI=1S/C48H88O14/c1-3-5-7-9-11-13-15-16-17-18-19-20-21-22-23-25-27-29-31-40(50)60-37(34-57-32-30-28-26-24-14-12-10-8-6-4-2)35-58-47-46(56)44(54)42(52)39(62-47)36-59-48-45(55)43(53)41(51)38(33-49)61-48/h13,15,17-18,37-39,41-49,51-56H,3-12,14,16,19-36H2,1-2H3/b15-13-,18-17-. The molecule has 14 nitrogen and oxygen atoms in total. The number of ether oxygens (including phenoxy) is 6. The minimum absolute atomic E-state index is 0.0613. The van der Waals surface area contributed by atoms with E-state index in [1.54, 1.807) is 0 Å². The van der Waals surface area contributed by atoms with E-state index in [4.69, 9.17) is 28.4 Å². The molecular formula is C48H88O14. The molecule has 7 N–H and O–H groups in total. The lowest BCUT2D eigenvalue weighted by Gasteiger charge is -2.42. The molecule has 364 valence electrons. The van der Waals surface area contributed by atoms with Crippen LogP contribution in [-0.4, -0.2) is 142 Å². The number of rotatable bonds is 38. The number of carbonyl (C=O) groups excluding carboxylic acids is 1. The van der Waals surface area contributed by atoms with E-state index >= 15 is 0 Å². The van der Waals surface area contributed by atoms with Crippen LogP contribution in [0, 0.1) is 0 Å². The second-order valence-electron chi connectivity index (χ2n) is 17.3. The number of unbranched alkanes of at least 4 members (excludes halogenated alkanes) is 20. The van der Waals surface area contributed by atoms with E-state index in [0.717, 1.165) is 51.4 Å². The van der Waals surface area contributed by atoms with E-state index < -0.39 is 80.7 Å². The molecule has 0 amide bonds. The van der Waals surface area contributed by atoms with Gasteiger partial charge in [0.25, 0.3) is 0 Å². The van der Waals surface area contributed by atoms with Gasteiger partial charge in [0.15, 0.2) is 12.6 Å². The van der Waals surface area contributed by atoms with Crippen molar-refractivity contribution in [3.63, 3.8) is 0 Å². The monoisotopic (exact) mass is 889 g/mol. The van der Waals surface area contributed by atoms with Gasteiger partial charge in [-0.3, -0.25) is 4.79 Å². The molecule has 62 heavy (non-hydrogen) atoms. The van der Waals surface area contributed by atoms with Crippen LogP contribution in [0.5, 0.6) is 0 Å². The van der Waals surface area contributed by atoms with E-state index in [2.05, 4.69) is 38.2 Å². The summed E-state index contributed by atoms with van der Waals surface area (Å²) in [4.78, 5) is 13.0. The normalized spacial score (nSPS) is 27.4. The molecule has 0 bridgehead atoms.